The lowest BCUT2D eigenvalue weighted by molar-refractivity contribution is 0.442. The molecule has 0 aliphatic heterocycles. The first-order valence-electron chi connectivity index (χ1n) is 28.9. The Bertz CT molecular complexity index is 4880. The molecule has 0 spiro atoms. The molecule has 0 saturated heterocycles. The summed E-state index contributed by atoms with van der Waals surface area (Å²) in [5, 5.41) is 14.4. The number of rotatable bonds is 8. The van der Waals surface area contributed by atoms with Gasteiger partial charge in [-0.1, -0.05) is 184 Å². The SMILES string of the molecule is c1ccc(N(c2ccc3cc4c5ccc(N(c6ccccc6)c6cccc7c6oc6c(C8CCCCC8)cccc67)c6c7ccc8ccccc8c7n(c4cc3c2)c56)c2cccc3c2oc2c(C4CCCCC4)cccc23)cc1. The Labute approximate surface area is 457 Å². The fraction of sp³-hybridized carbons (Fsp3) is 0.162. The van der Waals surface area contributed by atoms with Crippen LogP contribution >= 0.6 is 0 Å². The number of aromatic nitrogens is 1. The second kappa shape index (κ2) is 17.7. The second-order valence-electron chi connectivity index (χ2n) is 22.7. The van der Waals surface area contributed by atoms with Gasteiger partial charge in [-0.2, -0.15) is 0 Å². The molecule has 4 heterocycles. The molecule has 79 heavy (non-hydrogen) atoms. The van der Waals surface area contributed by atoms with Gasteiger partial charge >= 0.3 is 0 Å². The van der Waals surface area contributed by atoms with E-state index in [1.54, 1.807) is 0 Å². The third-order valence-electron chi connectivity index (χ3n) is 18.4. The van der Waals surface area contributed by atoms with Crippen molar-refractivity contribution >= 4 is 138 Å². The molecule has 2 aliphatic rings. The number of benzene rings is 11. The molecule has 2 fully saturated rings. The van der Waals surface area contributed by atoms with Gasteiger partial charge in [0.15, 0.2) is 11.2 Å². The van der Waals surface area contributed by atoms with Crippen molar-refractivity contribution in [2.45, 2.75) is 76.0 Å². The lowest BCUT2D eigenvalue weighted by Gasteiger charge is -2.26. The minimum Gasteiger partial charge on any atom is -0.454 e. The van der Waals surface area contributed by atoms with Crippen molar-refractivity contribution < 1.29 is 8.83 Å². The molecule has 5 nitrogen and oxygen atoms in total. The number of furan rings is 2. The molecule has 0 unspecified atom stereocenters. The van der Waals surface area contributed by atoms with Crippen LogP contribution in [0.2, 0.25) is 0 Å². The molecule has 15 aromatic rings. The zero-order chi connectivity index (χ0) is 51.7. The van der Waals surface area contributed by atoms with Gasteiger partial charge in [-0.25, -0.2) is 0 Å². The van der Waals surface area contributed by atoms with Gasteiger partial charge in [0.2, 0.25) is 0 Å². The van der Waals surface area contributed by atoms with E-state index >= 15 is 0 Å². The smallest absolute Gasteiger partial charge is 0.159 e. The molecule has 2 aliphatic carbocycles. The standard InChI is InChI=1S/C74H57N3O2/c1-5-19-46(20-6-1)55-29-15-31-58-60-33-17-35-65(73(60)78-71(55)58)75(51-24-9-3-10-25-51)53-39-37-49-44-63-57-41-42-64(68-62-40-38-48-23-13-14-28-54(48)69(62)77(70(57)68)67(63)45-50(49)43-53)76(52-26-11-4-12-27-52)66-36-18-34-61-59-32-16-30-56(72(59)79-74(61)66)47-21-7-2-8-22-47/h3-4,9-18,23-47H,1-2,5-8,19-22H2. The maximum absolute atomic E-state index is 7.27. The van der Waals surface area contributed by atoms with Crippen LogP contribution < -0.4 is 9.80 Å². The summed E-state index contributed by atoms with van der Waals surface area (Å²) in [6.45, 7) is 0. The lowest BCUT2D eigenvalue weighted by atomic mass is 9.83. The third kappa shape index (κ3) is 6.81. The number of hydrogen-bond acceptors (Lipinski definition) is 4. The molecular weight excluding hydrogens is 963 g/mol. The van der Waals surface area contributed by atoms with Gasteiger partial charge in [0.05, 0.1) is 33.6 Å². The first kappa shape index (κ1) is 45.0. The molecule has 0 bridgehead atoms. The van der Waals surface area contributed by atoms with Crippen LogP contribution in [-0.2, 0) is 0 Å². The van der Waals surface area contributed by atoms with E-state index in [0.29, 0.717) is 11.8 Å². The predicted molar refractivity (Wildman–Crippen MR) is 332 cm³/mol. The third-order valence-corrected chi connectivity index (χ3v) is 18.4. The molecule has 5 heteroatoms. The molecular formula is C74H57N3O2. The quantitative estimate of drug-likeness (QED) is 0.152. The zero-order valence-electron chi connectivity index (χ0n) is 44.1. The minimum atomic E-state index is 0.519. The van der Waals surface area contributed by atoms with Crippen molar-refractivity contribution in [2.75, 3.05) is 9.80 Å². The fourth-order valence-electron chi connectivity index (χ4n) is 14.8. The summed E-state index contributed by atoms with van der Waals surface area (Å²) >= 11 is 0. The van der Waals surface area contributed by atoms with Crippen molar-refractivity contribution in [2.24, 2.45) is 0 Å². The van der Waals surface area contributed by atoms with Crippen LogP contribution in [0.5, 0.6) is 0 Å². The van der Waals surface area contributed by atoms with Crippen LogP contribution in [0.4, 0.5) is 34.1 Å². The maximum Gasteiger partial charge on any atom is 0.159 e. The highest BCUT2D eigenvalue weighted by Crippen LogP contribution is 2.52. The summed E-state index contributed by atoms with van der Waals surface area (Å²) in [6, 6.07) is 78.9. The molecule has 2 saturated carbocycles. The summed E-state index contributed by atoms with van der Waals surface area (Å²) in [6.07, 6.45) is 12.6. The number of nitrogens with zero attached hydrogens (tertiary/aromatic N) is 3. The van der Waals surface area contributed by atoms with Gasteiger partial charge in [0, 0.05) is 65.5 Å². The van der Waals surface area contributed by atoms with E-state index in [9.17, 15) is 0 Å². The Hall–Kier alpha value is -9.06. The normalized spacial score (nSPS) is 15.0. The molecule has 0 radical (unpaired) electrons. The topological polar surface area (TPSA) is 37.2 Å². The van der Waals surface area contributed by atoms with E-state index in [4.69, 9.17) is 8.83 Å². The van der Waals surface area contributed by atoms with Crippen LogP contribution in [0.15, 0.2) is 221 Å². The summed E-state index contributed by atoms with van der Waals surface area (Å²) in [7, 11) is 0. The Morgan fingerprint density at radius 2 is 0.848 bits per heavy atom. The maximum atomic E-state index is 7.27. The number of para-hydroxylation sites is 6. The largest absolute Gasteiger partial charge is 0.454 e. The first-order valence-corrected chi connectivity index (χ1v) is 28.9. The number of hydrogen-bond donors (Lipinski definition) is 0. The summed E-state index contributed by atoms with van der Waals surface area (Å²) < 4.78 is 17.0. The molecule has 0 N–H and O–H groups in total. The molecule has 0 atom stereocenters. The number of fused-ring (bicyclic) bond motifs is 15. The van der Waals surface area contributed by atoms with E-state index in [1.807, 2.05) is 0 Å². The highest BCUT2D eigenvalue weighted by molar-refractivity contribution is 6.32. The predicted octanol–water partition coefficient (Wildman–Crippen LogP) is 22.0. The second-order valence-corrected chi connectivity index (χ2v) is 22.7. The van der Waals surface area contributed by atoms with Crippen molar-refractivity contribution in [3.63, 3.8) is 0 Å². The van der Waals surface area contributed by atoms with E-state index in [0.717, 1.165) is 67.2 Å². The average molecular weight is 1020 g/mol. The van der Waals surface area contributed by atoms with Gasteiger partial charge < -0.3 is 23.0 Å². The van der Waals surface area contributed by atoms with Crippen molar-refractivity contribution in [1.82, 2.24) is 4.40 Å². The molecule has 0 amide bonds. The van der Waals surface area contributed by atoms with Crippen LogP contribution in [-0.4, -0.2) is 4.40 Å². The van der Waals surface area contributed by atoms with Crippen LogP contribution in [0.3, 0.4) is 0 Å². The van der Waals surface area contributed by atoms with Crippen molar-refractivity contribution in [1.29, 1.82) is 0 Å². The van der Waals surface area contributed by atoms with Gasteiger partial charge in [-0.15, -0.1) is 0 Å². The van der Waals surface area contributed by atoms with Gasteiger partial charge in [0.25, 0.3) is 0 Å². The van der Waals surface area contributed by atoms with Crippen LogP contribution in [0, 0.1) is 0 Å². The fourth-order valence-corrected chi connectivity index (χ4v) is 14.8. The Morgan fingerprint density at radius 1 is 0.316 bits per heavy atom. The van der Waals surface area contributed by atoms with Crippen molar-refractivity contribution in [3.05, 3.63) is 223 Å². The summed E-state index contributed by atoms with van der Waals surface area (Å²) in [5.41, 5.74) is 16.7. The Kier molecular flexibility index (Phi) is 10.1. The molecule has 380 valence electrons. The Morgan fingerprint density at radius 3 is 1.49 bits per heavy atom. The lowest BCUT2D eigenvalue weighted by Crippen LogP contribution is -2.10. The monoisotopic (exact) mass is 1020 g/mol. The van der Waals surface area contributed by atoms with E-state index in [-0.39, 0.29) is 0 Å². The van der Waals surface area contributed by atoms with Gasteiger partial charge in [-0.05, 0) is 132 Å². The van der Waals surface area contributed by atoms with Crippen molar-refractivity contribution in [3.8, 4) is 0 Å². The molecule has 4 aromatic heterocycles. The number of anilines is 6. The van der Waals surface area contributed by atoms with Gasteiger partial charge in [-0.3, -0.25) is 0 Å². The zero-order valence-corrected chi connectivity index (χ0v) is 44.1. The summed E-state index contributed by atoms with van der Waals surface area (Å²) in [4.78, 5) is 4.86. The first-order chi connectivity index (χ1) is 39.2. The van der Waals surface area contributed by atoms with Gasteiger partial charge in [0.1, 0.15) is 11.2 Å². The molecule has 17 rings (SSSR count). The van der Waals surface area contributed by atoms with Crippen LogP contribution in [0.1, 0.15) is 87.2 Å². The van der Waals surface area contributed by atoms with Crippen LogP contribution in [0.25, 0.3) is 104 Å². The molecule has 11 aromatic carbocycles. The minimum absolute atomic E-state index is 0.519. The Balaban J connectivity index is 0.893. The highest BCUT2D eigenvalue weighted by Gasteiger charge is 2.30. The summed E-state index contributed by atoms with van der Waals surface area (Å²) in [5.74, 6) is 1.05. The van der Waals surface area contributed by atoms with E-state index in [1.165, 1.54) is 146 Å². The highest BCUT2D eigenvalue weighted by atomic mass is 16.3. The average Bonchev–Trinajstić information content (AvgIpc) is 4.48. The van der Waals surface area contributed by atoms with E-state index < -0.39 is 0 Å². The van der Waals surface area contributed by atoms with E-state index in [2.05, 4.69) is 227 Å².